The molecule has 0 aliphatic heterocycles. The highest BCUT2D eigenvalue weighted by molar-refractivity contribution is 6.02. The Morgan fingerprint density at radius 1 is 1.03 bits per heavy atom. The Balaban J connectivity index is 1.66. The number of rotatable bonds is 1. The molecule has 0 bridgehead atoms. The van der Waals surface area contributed by atoms with Crippen molar-refractivity contribution in [2.75, 3.05) is 7.05 Å². The van der Waals surface area contributed by atoms with E-state index < -0.39 is 5.41 Å². The number of hydrogen-bond donors (Lipinski definition) is 2. The van der Waals surface area contributed by atoms with Crippen LogP contribution in [-0.2, 0) is 9.59 Å². The van der Waals surface area contributed by atoms with Gasteiger partial charge in [0.25, 0.3) is 0 Å². The molecule has 3 fully saturated rings. The van der Waals surface area contributed by atoms with Crippen LogP contribution in [0.1, 0.15) is 86.5 Å². The third kappa shape index (κ3) is 3.38. The van der Waals surface area contributed by atoms with Crippen molar-refractivity contribution in [2.24, 2.45) is 45.3 Å². The number of Topliss-reactive ketones (excluding diaryl/α,β-unsaturated/α-hetero) is 1. The normalized spacial score (nSPS) is 46.1. The van der Waals surface area contributed by atoms with Gasteiger partial charge in [-0.3, -0.25) is 9.59 Å². The van der Waals surface area contributed by atoms with Gasteiger partial charge in [0.15, 0.2) is 11.6 Å². The lowest BCUT2D eigenvalue weighted by atomic mass is 9.36. The smallest absolute Gasteiger partial charge is 0.314 e. The van der Waals surface area contributed by atoms with E-state index in [0.29, 0.717) is 0 Å². The number of hydrogen-bond acceptors (Lipinski definition) is 4. The number of nitriles is 1. The van der Waals surface area contributed by atoms with Gasteiger partial charge in [-0.25, -0.2) is 4.79 Å². The maximum absolute atomic E-state index is 14.4. The van der Waals surface area contributed by atoms with Gasteiger partial charge in [-0.05, 0) is 79.1 Å². The molecule has 6 nitrogen and oxygen atoms in total. The van der Waals surface area contributed by atoms with Crippen LogP contribution in [0.25, 0.3) is 0 Å². The Bertz CT molecular complexity index is 1180. The quantitative estimate of drug-likeness (QED) is 0.492. The molecule has 0 spiro atoms. The summed E-state index contributed by atoms with van der Waals surface area (Å²) in [7, 11) is 1.65. The summed E-state index contributed by atoms with van der Waals surface area (Å²) in [6.07, 6.45) is 10.2. The molecule has 0 saturated heterocycles. The average Bonchev–Trinajstić information content (AvgIpc) is 2.83. The van der Waals surface area contributed by atoms with E-state index in [1.807, 2.05) is 19.1 Å². The highest BCUT2D eigenvalue weighted by Crippen LogP contribution is 2.72. The highest BCUT2D eigenvalue weighted by atomic mass is 16.2. The van der Waals surface area contributed by atoms with Gasteiger partial charge in [0.1, 0.15) is 6.07 Å². The van der Waals surface area contributed by atoms with Gasteiger partial charge in [-0.15, -0.1) is 0 Å². The van der Waals surface area contributed by atoms with E-state index >= 15 is 0 Å². The van der Waals surface area contributed by atoms with Crippen molar-refractivity contribution in [3.8, 4) is 6.07 Å². The lowest BCUT2D eigenvalue weighted by Gasteiger charge is -2.68. The summed E-state index contributed by atoms with van der Waals surface area (Å²) in [6, 6.07) is 1.99. The molecule has 2 N–H and O–H groups in total. The summed E-state index contributed by atoms with van der Waals surface area (Å²) in [4.78, 5) is 39.9. The summed E-state index contributed by atoms with van der Waals surface area (Å²) < 4.78 is 0. The predicted octanol–water partition coefficient (Wildman–Crippen LogP) is 5.50. The van der Waals surface area contributed by atoms with Crippen molar-refractivity contribution in [1.29, 1.82) is 5.26 Å². The number of allylic oxidation sites excluding steroid dienone is 4. The van der Waals surface area contributed by atoms with E-state index in [-0.39, 0.29) is 68.6 Å². The Labute approximate surface area is 221 Å². The first-order valence-electron chi connectivity index (χ1n) is 14.1. The first-order chi connectivity index (χ1) is 17.2. The molecule has 8 unspecified atom stereocenters. The van der Waals surface area contributed by atoms with E-state index in [9.17, 15) is 19.6 Å². The lowest BCUT2D eigenvalue weighted by molar-refractivity contribution is -0.158. The summed E-state index contributed by atoms with van der Waals surface area (Å²) in [5, 5.41) is 15.9. The number of carbonyl (C=O) groups is 3. The zero-order valence-corrected chi connectivity index (χ0v) is 23.6. The molecule has 6 heteroatoms. The number of fused-ring (bicyclic) bond motifs is 7. The minimum Gasteiger partial charge on any atom is -0.341 e. The van der Waals surface area contributed by atoms with Crippen LogP contribution < -0.4 is 10.6 Å². The Morgan fingerprint density at radius 2 is 1.70 bits per heavy atom. The first kappa shape index (κ1) is 26.2. The van der Waals surface area contributed by atoms with Crippen LogP contribution in [0, 0.1) is 56.7 Å². The van der Waals surface area contributed by atoms with Gasteiger partial charge in [-0.1, -0.05) is 53.2 Å². The topological polar surface area (TPSA) is 99.1 Å². The predicted molar refractivity (Wildman–Crippen MR) is 142 cm³/mol. The second-order valence-electron chi connectivity index (χ2n) is 14.3. The fourth-order valence-corrected chi connectivity index (χ4v) is 9.76. The van der Waals surface area contributed by atoms with Crippen LogP contribution in [0.5, 0.6) is 0 Å². The Morgan fingerprint density at radius 3 is 2.35 bits per heavy atom. The van der Waals surface area contributed by atoms with Crippen LogP contribution in [0.3, 0.4) is 0 Å². The zero-order valence-electron chi connectivity index (χ0n) is 23.6. The molecule has 0 aromatic carbocycles. The molecule has 37 heavy (non-hydrogen) atoms. The van der Waals surface area contributed by atoms with E-state index in [1.54, 1.807) is 7.05 Å². The fraction of sp³-hybridized carbons (Fsp3) is 0.742. The van der Waals surface area contributed by atoms with E-state index in [0.717, 1.165) is 50.5 Å². The summed E-state index contributed by atoms with van der Waals surface area (Å²) >= 11 is 0. The maximum atomic E-state index is 14.4. The van der Waals surface area contributed by atoms with Crippen molar-refractivity contribution in [3.05, 3.63) is 23.3 Å². The molecule has 0 aromatic rings. The molecule has 8 atom stereocenters. The van der Waals surface area contributed by atoms with Crippen molar-refractivity contribution >= 4 is 17.6 Å². The maximum Gasteiger partial charge on any atom is 0.314 e. The van der Waals surface area contributed by atoms with Gasteiger partial charge in [0, 0.05) is 29.8 Å². The molecular weight excluding hydrogens is 462 g/mol. The van der Waals surface area contributed by atoms with Gasteiger partial charge in [-0.2, -0.15) is 5.26 Å². The largest absolute Gasteiger partial charge is 0.341 e. The zero-order chi connectivity index (χ0) is 27.2. The van der Waals surface area contributed by atoms with E-state index in [4.69, 9.17) is 0 Å². The fourth-order valence-electron chi connectivity index (χ4n) is 9.76. The third-order valence-electron chi connectivity index (χ3n) is 12.1. The second-order valence-corrected chi connectivity index (χ2v) is 14.3. The molecule has 5 aliphatic carbocycles. The minimum absolute atomic E-state index is 0.0624. The van der Waals surface area contributed by atoms with Crippen LogP contribution in [0.15, 0.2) is 23.3 Å². The summed E-state index contributed by atoms with van der Waals surface area (Å²) in [5.41, 5.74) is 0.105. The summed E-state index contributed by atoms with van der Waals surface area (Å²) in [5.74, 6) is -0.140. The number of amides is 2. The molecule has 2 amide bonds. The van der Waals surface area contributed by atoms with Crippen molar-refractivity contribution in [1.82, 2.24) is 10.6 Å². The van der Waals surface area contributed by atoms with Crippen LogP contribution in [-0.4, -0.2) is 30.2 Å². The van der Waals surface area contributed by atoms with Crippen LogP contribution in [0.2, 0.25) is 0 Å². The van der Waals surface area contributed by atoms with Crippen LogP contribution in [0.4, 0.5) is 4.79 Å². The monoisotopic (exact) mass is 505 g/mol. The first-order valence-corrected chi connectivity index (χ1v) is 14.1. The highest BCUT2D eigenvalue weighted by Gasteiger charge is 2.69. The molecule has 5 rings (SSSR count). The second kappa shape index (κ2) is 8.04. The number of ketones is 2. The average molecular weight is 506 g/mol. The third-order valence-corrected chi connectivity index (χ3v) is 12.1. The van der Waals surface area contributed by atoms with Gasteiger partial charge in [0.2, 0.25) is 0 Å². The molecule has 200 valence electrons. The number of nitrogens with one attached hydrogen (secondary N) is 2. The number of urea groups is 1. The standard InChI is InChI=1S/C31H43N3O3/c1-18-20-8-9-29(5)23(28(20,4)15-19(17-32)25(18)36)14-22(35)24-21-16-27(2,3)10-12-31(21,34-26(37)33-7)13-11-30(24,29)6/h14-15,18,20-21,24H,8-13,16H2,1-7H3,(H2,33,34,37). The summed E-state index contributed by atoms with van der Waals surface area (Å²) in [6.45, 7) is 13.4. The van der Waals surface area contributed by atoms with Gasteiger partial charge < -0.3 is 10.6 Å². The molecule has 0 aromatic heterocycles. The molecule has 0 radical (unpaired) electrons. The SMILES string of the molecule is CNC(=O)NC12CCC(C)(C)CC1C1C(=O)C=C3C4(C)C=C(C#N)C(=O)C(C)C4CCC3(C)C1(C)CC2. The molecule has 5 aliphatic rings. The van der Waals surface area contributed by atoms with Crippen molar-refractivity contribution in [3.63, 3.8) is 0 Å². The van der Waals surface area contributed by atoms with E-state index in [1.165, 1.54) is 0 Å². The Hall–Kier alpha value is -2.42. The number of carbonyl (C=O) groups excluding carboxylic acids is 3. The van der Waals surface area contributed by atoms with Crippen molar-refractivity contribution < 1.29 is 14.4 Å². The Kier molecular flexibility index (Phi) is 5.69. The van der Waals surface area contributed by atoms with Crippen LogP contribution >= 0.6 is 0 Å². The van der Waals surface area contributed by atoms with Crippen molar-refractivity contribution in [2.45, 2.75) is 92.0 Å². The molecule has 3 saturated carbocycles. The van der Waals surface area contributed by atoms with Gasteiger partial charge in [0.05, 0.1) is 5.57 Å². The lowest BCUT2D eigenvalue weighted by Crippen LogP contribution is -2.70. The van der Waals surface area contributed by atoms with E-state index in [2.05, 4.69) is 51.3 Å². The number of nitrogens with zero attached hydrogens (tertiary/aromatic N) is 1. The molecule has 0 heterocycles. The molecular formula is C31H43N3O3. The minimum atomic E-state index is -0.490. The van der Waals surface area contributed by atoms with Gasteiger partial charge >= 0.3 is 6.03 Å².